The van der Waals surface area contributed by atoms with Gasteiger partial charge >= 0.3 is 0 Å². The van der Waals surface area contributed by atoms with Gasteiger partial charge in [0.1, 0.15) is 0 Å². The van der Waals surface area contributed by atoms with Crippen LogP contribution in [-0.4, -0.2) is 22.4 Å². The summed E-state index contributed by atoms with van der Waals surface area (Å²) in [7, 11) is 0. The standard InChI is InChI=1S/C13H12.2C3H8O/c1-3-7-12(8-4-1)11-13-9-5-2-6-10-13;2*1-3(2)4/h1-10H,11H2;2*3-4H,1-2H3. The van der Waals surface area contributed by atoms with E-state index in [1.54, 1.807) is 27.7 Å². The first kappa shape index (κ1) is 19.4. The molecular weight excluding hydrogens is 260 g/mol. The van der Waals surface area contributed by atoms with Gasteiger partial charge in [-0.3, -0.25) is 0 Å². The number of benzene rings is 2. The van der Waals surface area contributed by atoms with Gasteiger partial charge in [-0.15, -0.1) is 0 Å². The van der Waals surface area contributed by atoms with Crippen molar-refractivity contribution >= 4 is 0 Å². The van der Waals surface area contributed by atoms with Crippen LogP contribution in [0.25, 0.3) is 0 Å². The third-order valence-corrected chi connectivity index (χ3v) is 2.09. The molecule has 0 spiro atoms. The van der Waals surface area contributed by atoms with E-state index in [2.05, 4.69) is 60.7 Å². The van der Waals surface area contributed by atoms with Gasteiger partial charge in [-0.1, -0.05) is 60.7 Å². The summed E-state index contributed by atoms with van der Waals surface area (Å²) >= 11 is 0. The molecule has 2 N–H and O–H groups in total. The number of rotatable bonds is 2. The molecule has 21 heavy (non-hydrogen) atoms. The second-order valence-corrected chi connectivity index (χ2v) is 5.34. The van der Waals surface area contributed by atoms with E-state index in [-0.39, 0.29) is 12.2 Å². The molecule has 0 amide bonds. The fourth-order valence-corrected chi connectivity index (χ4v) is 1.43. The van der Waals surface area contributed by atoms with Crippen molar-refractivity contribution in [3.05, 3.63) is 71.8 Å². The summed E-state index contributed by atoms with van der Waals surface area (Å²) in [5, 5.41) is 16.1. The molecule has 0 radical (unpaired) electrons. The topological polar surface area (TPSA) is 40.5 Å². The molecule has 0 saturated carbocycles. The lowest BCUT2D eigenvalue weighted by Crippen LogP contribution is -1.85. The fraction of sp³-hybridized carbons (Fsp3) is 0.368. The van der Waals surface area contributed by atoms with Crippen molar-refractivity contribution in [2.75, 3.05) is 0 Å². The first-order valence-electron chi connectivity index (χ1n) is 7.35. The monoisotopic (exact) mass is 288 g/mol. The van der Waals surface area contributed by atoms with E-state index in [0.717, 1.165) is 6.42 Å². The number of aliphatic hydroxyl groups excluding tert-OH is 2. The molecule has 0 unspecified atom stereocenters. The molecule has 0 saturated heterocycles. The molecule has 2 heteroatoms. The minimum Gasteiger partial charge on any atom is -0.394 e. The molecule has 2 aromatic carbocycles. The summed E-state index contributed by atoms with van der Waals surface area (Å²) in [6, 6.07) is 21.1. The third kappa shape index (κ3) is 14.6. The van der Waals surface area contributed by atoms with E-state index in [1.165, 1.54) is 11.1 Å². The Bertz CT molecular complexity index is 387. The molecule has 0 aromatic heterocycles. The van der Waals surface area contributed by atoms with Crippen molar-refractivity contribution in [3.63, 3.8) is 0 Å². The third-order valence-electron chi connectivity index (χ3n) is 2.09. The summed E-state index contributed by atoms with van der Waals surface area (Å²) in [5.41, 5.74) is 2.74. The van der Waals surface area contributed by atoms with E-state index in [4.69, 9.17) is 10.2 Å². The molecule has 0 heterocycles. The fourth-order valence-electron chi connectivity index (χ4n) is 1.43. The lowest BCUT2D eigenvalue weighted by molar-refractivity contribution is 0.215. The highest BCUT2D eigenvalue weighted by molar-refractivity contribution is 5.25. The number of hydrogen-bond acceptors (Lipinski definition) is 2. The predicted molar refractivity (Wildman–Crippen MR) is 90.4 cm³/mol. The van der Waals surface area contributed by atoms with Crippen LogP contribution in [-0.2, 0) is 6.42 Å². The lowest BCUT2D eigenvalue weighted by Gasteiger charge is -2.00. The largest absolute Gasteiger partial charge is 0.394 e. The van der Waals surface area contributed by atoms with Crippen LogP contribution in [0.2, 0.25) is 0 Å². The van der Waals surface area contributed by atoms with Gasteiger partial charge in [0, 0.05) is 12.2 Å². The summed E-state index contributed by atoms with van der Waals surface area (Å²) in [6.07, 6.45) is 0.696. The predicted octanol–water partition coefficient (Wildman–Crippen LogP) is 4.05. The molecule has 0 atom stereocenters. The van der Waals surface area contributed by atoms with Crippen molar-refractivity contribution in [2.24, 2.45) is 0 Å². The van der Waals surface area contributed by atoms with Gasteiger partial charge in [-0.2, -0.15) is 0 Å². The smallest absolute Gasteiger partial charge is 0.0483 e. The van der Waals surface area contributed by atoms with E-state index in [1.807, 2.05) is 0 Å². The normalized spacial score (nSPS) is 9.52. The van der Waals surface area contributed by atoms with Gasteiger partial charge in [-0.05, 0) is 45.2 Å². The zero-order valence-corrected chi connectivity index (χ0v) is 13.5. The van der Waals surface area contributed by atoms with Gasteiger partial charge < -0.3 is 10.2 Å². The Labute approximate surface area is 129 Å². The van der Waals surface area contributed by atoms with Crippen LogP contribution < -0.4 is 0 Å². The molecule has 0 fully saturated rings. The van der Waals surface area contributed by atoms with E-state index >= 15 is 0 Å². The van der Waals surface area contributed by atoms with Crippen LogP contribution in [0, 0.1) is 0 Å². The van der Waals surface area contributed by atoms with Crippen LogP contribution in [0.1, 0.15) is 38.8 Å². The summed E-state index contributed by atoms with van der Waals surface area (Å²) < 4.78 is 0. The van der Waals surface area contributed by atoms with Crippen LogP contribution in [0.5, 0.6) is 0 Å². The van der Waals surface area contributed by atoms with Crippen LogP contribution in [0.3, 0.4) is 0 Å². The van der Waals surface area contributed by atoms with E-state index < -0.39 is 0 Å². The van der Waals surface area contributed by atoms with E-state index in [0.29, 0.717) is 0 Å². The first-order chi connectivity index (χ1) is 9.91. The second kappa shape index (κ2) is 12.1. The SMILES string of the molecule is CC(C)O.CC(C)O.c1ccc(Cc2ccccc2)cc1. The van der Waals surface area contributed by atoms with Gasteiger partial charge in [-0.25, -0.2) is 0 Å². The van der Waals surface area contributed by atoms with Gasteiger partial charge in [0.25, 0.3) is 0 Å². The Morgan fingerprint density at radius 1 is 0.619 bits per heavy atom. The lowest BCUT2D eigenvalue weighted by atomic mass is 10.1. The number of aliphatic hydroxyl groups is 2. The maximum Gasteiger partial charge on any atom is 0.0483 e. The minimum absolute atomic E-state index is 0.167. The van der Waals surface area contributed by atoms with Gasteiger partial charge in [0.2, 0.25) is 0 Å². The van der Waals surface area contributed by atoms with Crippen molar-refractivity contribution in [1.82, 2.24) is 0 Å². The second-order valence-electron chi connectivity index (χ2n) is 5.34. The highest BCUT2D eigenvalue weighted by Crippen LogP contribution is 2.07. The van der Waals surface area contributed by atoms with Crippen molar-refractivity contribution in [2.45, 2.75) is 46.3 Å². The van der Waals surface area contributed by atoms with Crippen molar-refractivity contribution in [3.8, 4) is 0 Å². The number of hydrogen-bond donors (Lipinski definition) is 2. The highest BCUT2D eigenvalue weighted by atomic mass is 16.3. The van der Waals surface area contributed by atoms with Crippen LogP contribution in [0.15, 0.2) is 60.7 Å². The molecular formula is C19H28O2. The molecule has 2 aromatic rings. The Hall–Kier alpha value is -1.64. The molecule has 0 aliphatic heterocycles. The van der Waals surface area contributed by atoms with Crippen LogP contribution in [0.4, 0.5) is 0 Å². The van der Waals surface area contributed by atoms with Gasteiger partial charge in [0.15, 0.2) is 0 Å². The summed E-state index contributed by atoms with van der Waals surface area (Å²) in [6.45, 7) is 6.89. The molecule has 2 nitrogen and oxygen atoms in total. The Balaban J connectivity index is 0.000000421. The Morgan fingerprint density at radius 3 is 1.10 bits per heavy atom. The maximum absolute atomic E-state index is 8.06. The molecule has 0 aliphatic rings. The molecule has 2 rings (SSSR count). The minimum atomic E-state index is -0.167. The average molecular weight is 288 g/mol. The zero-order chi connectivity index (χ0) is 16.1. The highest BCUT2D eigenvalue weighted by Gasteiger charge is 1.92. The average Bonchev–Trinajstić information content (AvgIpc) is 2.40. The van der Waals surface area contributed by atoms with Crippen LogP contribution >= 0.6 is 0 Å². The summed E-state index contributed by atoms with van der Waals surface area (Å²) in [5.74, 6) is 0. The molecule has 0 aliphatic carbocycles. The quantitative estimate of drug-likeness (QED) is 0.875. The van der Waals surface area contributed by atoms with Gasteiger partial charge in [0.05, 0.1) is 0 Å². The summed E-state index contributed by atoms with van der Waals surface area (Å²) in [4.78, 5) is 0. The first-order valence-corrected chi connectivity index (χ1v) is 7.35. The zero-order valence-electron chi connectivity index (χ0n) is 13.5. The molecule has 116 valence electrons. The maximum atomic E-state index is 8.06. The Kier molecular flexibility index (Phi) is 11.2. The Morgan fingerprint density at radius 2 is 0.857 bits per heavy atom. The van der Waals surface area contributed by atoms with Crippen molar-refractivity contribution < 1.29 is 10.2 Å². The molecule has 0 bridgehead atoms. The van der Waals surface area contributed by atoms with E-state index in [9.17, 15) is 0 Å². The van der Waals surface area contributed by atoms with Crippen molar-refractivity contribution in [1.29, 1.82) is 0 Å².